The Labute approximate surface area is 91.0 Å². The maximum absolute atomic E-state index is 11.0. The summed E-state index contributed by atoms with van der Waals surface area (Å²) in [5, 5.41) is 0. The van der Waals surface area contributed by atoms with Crippen molar-refractivity contribution >= 4 is 9.84 Å². The van der Waals surface area contributed by atoms with Crippen LogP contribution in [0.3, 0.4) is 0 Å². The zero-order chi connectivity index (χ0) is 11.5. The van der Waals surface area contributed by atoms with Crippen molar-refractivity contribution in [2.24, 2.45) is 5.73 Å². The highest BCUT2D eigenvalue weighted by molar-refractivity contribution is 7.90. The van der Waals surface area contributed by atoms with Crippen LogP contribution in [0.2, 0.25) is 0 Å². The maximum Gasteiger partial charge on any atom is 0.147 e. The van der Waals surface area contributed by atoms with Gasteiger partial charge in [0.05, 0.1) is 5.75 Å². The molecule has 1 aromatic heterocycles. The van der Waals surface area contributed by atoms with Gasteiger partial charge in [0, 0.05) is 31.2 Å². The van der Waals surface area contributed by atoms with Gasteiger partial charge in [-0.1, -0.05) is 0 Å². The number of hydrogen-bond donors (Lipinski definition) is 1. The van der Waals surface area contributed by atoms with Crippen molar-refractivity contribution in [2.45, 2.75) is 25.9 Å². The fraction of sp³-hybridized carbons (Fsp3) is 0.600. The molecule has 0 saturated carbocycles. The van der Waals surface area contributed by atoms with Crippen LogP contribution in [0.5, 0.6) is 0 Å². The first-order valence-electron chi connectivity index (χ1n) is 4.95. The van der Waals surface area contributed by atoms with E-state index < -0.39 is 9.84 Å². The normalized spacial score (nSPS) is 14.1. The van der Waals surface area contributed by atoms with Crippen LogP contribution in [0.1, 0.15) is 12.5 Å². The van der Waals surface area contributed by atoms with Gasteiger partial charge in [0.15, 0.2) is 0 Å². The first-order chi connectivity index (χ1) is 6.87. The highest BCUT2D eigenvalue weighted by Gasteiger charge is 2.04. The molecule has 4 nitrogen and oxygen atoms in total. The van der Waals surface area contributed by atoms with Crippen molar-refractivity contribution in [1.29, 1.82) is 0 Å². The van der Waals surface area contributed by atoms with E-state index in [0.717, 1.165) is 12.1 Å². The van der Waals surface area contributed by atoms with Gasteiger partial charge in [-0.25, -0.2) is 8.42 Å². The monoisotopic (exact) mass is 230 g/mol. The largest absolute Gasteiger partial charge is 0.352 e. The van der Waals surface area contributed by atoms with Crippen LogP contribution in [0.4, 0.5) is 0 Å². The number of aryl methyl sites for hydroxylation is 1. The average Bonchev–Trinajstić information content (AvgIpc) is 2.46. The lowest BCUT2D eigenvalue weighted by Gasteiger charge is -2.05. The summed E-state index contributed by atoms with van der Waals surface area (Å²) in [5.41, 5.74) is 6.70. The van der Waals surface area contributed by atoms with E-state index in [1.165, 1.54) is 6.26 Å². The van der Waals surface area contributed by atoms with Crippen molar-refractivity contribution in [1.82, 2.24) is 4.57 Å². The van der Waals surface area contributed by atoms with E-state index in [9.17, 15) is 8.42 Å². The minimum Gasteiger partial charge on any atom is -0.352 e. The topological polar surface area (TPSA) is 65.1 Å². The summed E-state index contributed by atoms with van der Waals surface area (Å²) in [6.07, 6.45) is 5.71. The Morgan fingerprint density at radius 2 is 2.20 bits per heavy atom. The van der Waals surface area contributed by atoms with Gasteiger partial charge >= 0.3 is 0 Å². The first kappa shape index (κ1) is 12.3. The first-order valence-corrected chi connectivity index (χ1v) is 7.01. The molecule has 1 rings (SSSR count). The van der Waals surface area contributed by atoms with Crippen LogP contribution in [0.15, 0.2) is 18.5 Å². The highest BCUT2D eigenvalue weighted by atomic mass is 32.2. The van der Waals surface area contributed by atoms with Gasteiger partial charge in [0.2, 0.25) is 0 Å². The van der Waals surface area contributed by atoms with Gasteiger partial charge in [-0.2, -0.15) is 0 Å². The molecule has 0 aromatic carbocycles. The summed E-state index contributed by atoms with van der Waals surface area (Å²) < 4.78 is 23.9. The molecule has 0 fully saturated rings. The van der Waals surface area contributed by atoms with Gasteiger partial charge in [0.1, 0.15) is 9.84 Å². The molecule has 0 aliphatic heterocycles. The zero-order valence-electron chi connectivity index (χ0n) is 9.18. The molecule has 0 aliphatic carbocycles. The Morgan fingerprint density at radius 3 is 2.73 bits per heavy atom. The van der Waals surface area contributed by atoms with Crippen LogP contribution < -0.4 is 5.73 Å². The molecule has 0 saturated heterocycles. The van der Waals surface area contributed by atoms with Crippen LogP contribution in [-0.4, -0.2) is 31.0 Å². The molecule has 0 spiro atoms. The summed E-state index contributed by atoms with van der Waals surface area (Å²) in [6, 6.07) is 2.05. The van der Waals surface area contributed by atoms with E-state index in [4.69, 9.17) is 5.73 Å². The van der Waals surface area contributed by atoms with Crippen molar-refractivity contribution in [3.63, 3.8) is 0 Å². The van der Waals surface area contributed by atoms with Gasteiger partial charge in [-0.05, 0) is 25.0 Å². The Kier molecular flexibility index (Phi) is 3.93. The second-order valence-corrected chi connectivity index (χ2v) is 6.33. The summed E-state index contributed by atoms with van der Waals surface area (Å²) >= 11 is 0. The predicted molar refractivity (Wildman–Crippen MR) is 61.5 cm³/mol. The molecule has 15 heavy (non-hydrogen) atoms. The summed E-state index contributed by atoms with van der Waals surface area (Å²) in [6.45, 7) is 2.70. The van der Waals surface area contributed by atoms with Gasteiger partial charge in [0.25, 0.3) is 0 Å². The van der Waals surface area contributed by atoms with E-state index in [2.05, 4.69) is 0 Å². The van der Waals surface area contributed by atoms with E-state index >= 15 is 0 Å². The SMILES string of the molecule is CC(N)Cn1ccc(CCS(C)(=O)=O)c1. The second kappa shape index (κ2) is 4.81. The molecule has 1 unspecified atom stereocenters. The lowest BCUT2D eigenvalue weighted by atomic mass is 10.3. The second-order valence-electron chi connectivity index (χ2n) is 4.07. The van der Waals surface area contributed by atoms with Crippen LogP contribution in [-0.2, 0) is 22.8 Å². The number of rotatable bonds is 5. The number of nitrogens with two attached hydrogens (primary N) is 1. The third-order valence-corrected chi connectivity index (χ3v) is 3.02. The fourth-order valence-corrected chi connectivity index (χ4v) is 1.99. The van der Waals surface area contributed by atoms with Gasteiger partial charge in [-0.3, -0.25) is 0 Å². The van der Waals surface area contributed by atoms with Crippen molar-refractivity contribution < 1.29 is 8.42 Å². The zero-order valence-corrected chi connectivity index (χ0v) is 10.00. The summed E-state index contributed by atoms with van der Waals surface area (Å²) in [5.74, 6) is 0.204. The molecular formula is C10H18N2O2S. The molecule has 1 atom stereocenters. The molecule has 0 bridgehead atoms. The molecule has 1 aromatic rings. The molecule has 2 N–H and O–H groups in total. The lowest BCUT2D eigenvalue weighted by Crippen LogP contribution is -2.21. The van der Waals surface area contributed by atoms with E-state index in [1.807, 2.05) is 30.0 Å². The van der Waals surface area contributed by atoms with Crippen LogP contribution >= 0.6 is 0 Å². The van der Waals surface area contributed by atoms with E-state index in [-0.39, 0.29) is 11.8 Å². The van der Waals surface area contributed by atoms with Crippen molar-refractivity contribution in [3.8, 4) is 0 Å². The molecule has 0 amide bonds. The predicted octanol–water partition coefficient (Wildman–Crippen LogP) is 0.422. The molecule has 0 radical (unpaired) electrons. The van der Waals surface area contributed by atoms with Gasteiger partial charge < -0.3 is 10.3 Å². The third kappa shape index (κ3) is 4.99. The van der Waals surface area contributed by atoms with E-state index in [0.29, 0.717) is 6.42 Å². The molecule has 0 aliphatic rings. The highest BCUT2D eigenvalue weighted by Crippen LogP contribution is 2.04. The number of nitrogens with zero attached hydrogens (tertiary/aromatic N) is 1. The Bertz CT molecular complexity index is 407. The fourth-order valence-electron chi connectivity index (χ4n) is 1.39. The van der Waals surface area contributed by atoms with Crippen LogP contribution in [0, 0.1) is 0 Å². The number of hydrogen-bond acceptors (Lipinski definition) is 3. The molecule has 86 valence electrons. The number of sulfone groups is 1. The molecule has 5 heteroatoms. The Hall–Kier alpha value is -0.810. The lowest BCUT2D eigenvalue weighted by molar-refractivity contribution is 0.590. The minimum atomic E-state index is -2.87. The smallest absolute Gasteiger partial charge is 0.147 e. The minimum absolute atomic E-state index is 0.111. The summed E-state index contributed by atoms with van der Waals surface area (Å²) in [4.78, 5) is 0. The van der Waals surface area contributed by atoms with Gasteiger partial charge in [-0.15, -0.1) is 0 Å². The van der Waals surface area contributed by atoms with E-state index in [1.54, 1.807) is 0 Å². The van der Waals surface area contributed by atoms with Crippen molar-refractivity contribution in [2.75, 3.05) is 12.0 Å². The van der Waals surface area contributed by atoms with Crippen LogP contribution in [0.25, 0.3) is 0 Å². The van der Waals surface area contributed by atoms with Crippen molar-refractivity contribution in [3.05, 3.63) is 24.0 Å². The maximum atomic E-state index is 11.0. The quantitative estimate of drug-likeness (QED) is 0.797. The molecular weight excluding hydrogens is 212 g/mol. The summed E-state index contributed by atoms with van der Waals surface area (Å²) in [7, 11) is -2.87. The third-order valence-electron chi connectivity index (χ3n) is 2.07. The Morgan fingerprint density at radius 1 is 1.53 bits per heavy atom. The average molecular weight is 230 g/mol. The Balaban J connectivity index is 2.53. The standard InChI is InChI=1S/C10H18N2O2S/c1-9(11)7-12-5-3-10(8-12)4-6-15(2,13)14/h3,5,8-9H,4,6-7,11H2,1-2H3. The molecule has 1 heterocycles. The number of aromatic nitrogens is 1.